The predicted molar refractivity (Wildman–Crippen MR) is 183 cm³/mol. The lowest BCUT2D eigenvalue weighted by Crippen LogP contribution is -2.17. The van der Waals surface area contributed by atoms with Crippen molar-refractivity contribution in [2.75, 3.05) is 6.16 Å². The Morgan fingerprint density at radius 1 is 0.512 bits per heavy atom. The predicted octanol–water partition coefficient (Wildman–Crippen LogP) is 8.80. The Morgan fingerprint density at radius 2 is 0.927 bits per heavy atom. The molecule has 1 unspecified atom stereocenters. The second-order valence-electron chi connectivity index (χ2n) is 10.7. The first-order chi connectivity index (χ1) is 20.3. The van der Waals surface area contributed by atoms with Crippen molar-refractivity contribution in [1.29, 1.82) is 0 Å². The van der Waals surface area contributed by atoms with E-state index >= 15 is 0 Å². The normalized spacial score (nSPS) is 15.0. The quantitative estimate of drug-likeness (QED) is 0.156. The van der Waals surface area contributed by atoms with Crippen LogP contribution < -0.4 is 21.2 Å². The Labute approximate surface area is 248 Å². The zero-order chi connectivity index (χ0) is 27.9. The van der Waals surface area contributed by atoms with E-state index in [2.05, 4.69) is 165 Å². The minimum absolute atomic E-state index is 0.509. The lowest BCUT2D eigenvalue weighted by molar-refractivity contribution is 0.735. The number of allylic oxidation sites excluding steroid dienone is 4. The summed E-state index contributed by atoms with van der Waals surface area (Å²) in [5.41, 5.74) is 5.79. The van der Waals surface area contributed by atoms with Gasteiger partial charge in [0.2, 0.25) is 0 Å². The lowest BCUT2D eigenvalue weighted by Gasteiger charge is -2.27. The van der Waals surface area contributed by atoms with E-state index in [-0.39, 0.29) is 0 Å². The average molecular weight is 567 g/mol. The van der Waals surface area contributed by atoms with E-state index in [1.807, 2.05) is 0 Å². The van der Waals surface area contributed by atoms with Gasteiger partial charge in [-0.15, -0.1) is 0 Å². The molecule has 0 saturated heterocycles. The molecule has 0 heterocycles. The molecule has 0 bridgehead atoms. The molecule has 0 aromatic heterocycles. The van der Waals surface area contributed by atoms with Crippen LogP contribution in [0.3, 0.4) is 0 Å². The first-order valence-corrected chi connectivity index (χ1v) is 17.6. The summed E-state index contributed by atoms with van der Waals surface area (Å²) >= 11 is 0. The average Bonchev–Trinajstić information content (AvgIpc) is 3.05. The van der Waals surface area contributed by atoms with Crippen molar-refractivity contribution in [3.63, 3.8) is 0 Å². The van der Waals surface area contributed by atoms with E-state index in [1.54, 1.807) is 0 Å². The van der Waals surface area contributed by atoms with E-state index in [4.69, 9.17) is 0 Å². The molecule has 0 fully saturated rings. The monoisotopic (exact) mass is 566 g/mol. The van der Waals surface area contributed by atoms with Crippen LogP contribution in [-0.4, -0.2) is 6.16 Å². The highest BCUT2D eigenvalue weighted by Gasteiger charge is 2.24. The minimum Gasteiger partial charge on any atom is -0.0798 e. The molecule has 1 aliphatic carbocycles. The Morgan fingerprint density at radius 3 is 1.41 bits per heavy atom. The summed E-state index contributed by atoms with van der Waals surface area (Å²) in [6.07, 6.45) is 8.28. The second-order valence-corrected chi connectivity index (χ2v) is 15.1. The second kappa shape index (κ2) is 13.4. The molecule has 0 nitrogen and oxygen atoms in total. The number of benzene rings is 5. The highest BCUT2D eigenvalue weighted by Crippen LogP contribution is 2.45. The third-order valence-corrected chi connectivity index (χ3v) is 12.8. The molecular formula is C39H36P2. The van der Waals surface area contributed by atoms with Crippen LogP contribution in [0, 0.1) is 5.92 Å². The summed E-state index contributed by atoms with van der Waals surface area (Å²) in [5, 5.41) is 5.75. The molecule has 0 N–H and O–H groups in total. The first-order valence-electron chi connectivity index (χ1n) is 14.5. The third kappa shape index (κ3) is 6.68. The molecule has 1 atom stereocenters. The van der Waals surface area contributed by atoms with Gasteiger partial charge in [0.05, 0.1) is 0 Å². The topological polar surface area (TPSA) is 0 Å². The highest BCUT2D eigenvalue weighted by atomic mass is 31.1. The van der Waals surface area contributed by atoms with Crippen LogP contribution in [-0.2, 0) is 6.16 Å². The molecule has 1 aliphatic rings. The molecule has 202 valence electrons. The van der Waals surface area contributed by atoms with Crippen LogP contribution in [0.5, 0.6) is 0 Å². The fraction of sp³-hybridized carbons (Fsp3) is 0.128. The molecular weight excluding hydrogens is 530 g/mol. The molecule has 0 spiro atoms. The lowest BCUT2D eigenvalue weighted by atomic mass is 9.86. The van der Waals surface area contributed by atoms with Crippen molar-refractivity contribution >= 4 is 42.6 Å². The van der Waals surface area contributed by atoms with E-state index in [0.29, 0.717) is 5.92 Å². The van der Waals surface area contributed by atoms with Gasteiger partial charge in [0.15, 0.2) is 0 Å². The van der Waals surface area contributed by atoms with Gasteiger partial charge in [0.25, 0.3) is 0 Å². The van der Waals surface area contributed by atoms with Crippen LogP contribution >= 0.6 is 15.8 Å². The Bertz CT molecular complexity index is 1530. The Kier molecular flexibility index (Phi) is 9.02. The van der Waals surface area contributed by atoms with Crippen molar-refractivity contribution in [1.82, 2.24) is 0 Å². The van der Waals surface area contributed by atoms with Crippen LogP contribution in [0.1, 0.15) is 24.5 Å². The fourth-order valence-corrected chi connectivity index (χ4v) is 10.4. The van der Waals surface area contributed by atoms with Gasteiger partial charge in [-0.2, -0.15) is 0 Å². The molecule has 0 saturated carbocycles. The molecule has 6 rings (SSSR count). The summed E-state index contributed by atoms with van der Waals surface area (Å²) in [6.45, 7) is 2.36. The minimum atomic E-state index is -0.521. The van der Waals surface area contributed by atoms with E-state index in [9.17, 15) is 0 Å². The van der Waals surface area contributed by atoms with Gasteiger partial charge >= 0.3 is 0 Å². The number of hydrogen-bond donors (Lipinski definition) is 0. The van der Waals surface area contributed by atoms with Crippen LogP contribution in [0.25, 0.3) is 5.57 Å². The molecule has 0 radical (unpaired) electrons. The maximum absolute atomic E-state index is 2.55. The van der Waals surface area contributed by atoms with Crippen molar-refractivity contribution in [2.24, 2.45) is 5.92 Å². The SMILES string of the molecule is CC1C=C(c2ccccc2CP(c2ccccc2)c2ccccc2)C(CP(c2ccccc2)c2ccccc2)=CC1. The van der Waals surface area contributed by atoms with Crippen LogP contribution in [0.4, 0.5) is 0 Å². The van der Waals surface area contributed by atoms with Gasteiger partial charge in [-0.3, -0.25) is 0 Å². The first kappa shape index (κ1) is 27.6. The molecule has 0 amide bonds. The Hall–Kier alpha value is -3.56. The highest BCUT2D eigenvalue weighted by molar-refractivity contribution is 7.73. The standard InChI is InChI=1S/C39H36P2/c1-31-26-27-33(30-41(36-21-10-4-11-22-36)37-23-12-5-13-24-37)39(28-31)38-25-15-14-16-32(38)29-40(34-17-6-2-7-18-34)35-19-8-3-9-20-35/h2-25,27-28,31H,26,29-30H2,1H3. The summed E-state index contributed by atoms with van der Waals surface area (Å²) < 4.78 is 0. The van der Waals surface area contributed by atoms with E-state index in [0.717, 1.165) is 18.7 Å². The van der Waals surface area contributed by atoms with Gasteiger partial charge in [0.1, 0.15) is 0 Å². The molecule has 5 aromatic rings. The number of hydrogen-bond acceptors (Lipinski definition) is 0. The van der Waals surface area contributed by atoms with Gasteiger partial charge in [-0.25, -0.2) is 0 Å². The van der Waals surface area contributed by atoms with Crippen molar-refractivity contribution in [3.05, 3.63) is 174 Å². The summed E-state index contributed by atoms with van der Waals surface area (Å²) in [6, 6.07) is 53.6. The van der Waals surface area contributed by atoms with Crippen LogP contribution in [0.15, 0.2) is 163 Å². The van der Waals surface area contributed by atoms with E-state index in [1.165, 1.54) is 43.5 Å². The summed E-state index contributed by atoms with van der Waals surface area (Å²) in [5.74, 6) is 0.534. The molecule has 0 aliphatic heterocycles. The molecule has 5 aromatic carbocycles. The maximum atomic E-state index is 2.55. The molecule has 2 heteroatoms. The van der Waals surface area contributed by atoms with Crippen molar-refractivity contribution < 1.29 is 0 Å². The number of rotatable bonds is 9. The maximum Gasteiger partial charge on any atom is 0.00136 e. The van der Waals surface area contributed by atoms with Gasteiger partial charge in [0, 0.05) is 12.3 Å². The largest absolute Gasteiger partial charge is 0.0798 e. The summed E-state index contributed by atoms with van der Waals surface area (Å²) in [4.78, 5) is 0. The third-order valence-electron chi connectivity index (χ3n) is 7.77. The van der Waals surface area contributed by atoms with Gasteiger partial charge in [-0.1, -0.05) is 165 Å². The fourth-order valence-electron chi connectivity index (χ4n) is 5.67. The van der Waals surface area contributed by atoms with E-state index < -0.39 is 15.8 Å². The zero-order valence-electron chi connectivity index (χ0n) is 23.6. The van der Waals surface area contributed by atoms with Gasteiger partial charge < -0.3 is 0 Å². The zero-order valence-corrected chi connectivity index (χ0v) is 25.4. The van der Waals surface area contributed by atoms with Crippen molar-refractivity contribution in [3.8, 4) is 0 Å². The Balaban J connectivity index is 1.38. The van der Waals surface area contributed by atoms with Crippen LogP contribution in [0.2, 0.25) is 0 Å². The summed E-state index contributed by atoms with van der Waals surface area (Å²) in [7, 11) is -1.03. The van der Waals surface area contributed by atoms with Crippen molar-refractivity contribution in [2.45, 2.75) is 19.5 Å². The van der Waals surface area contributed by atoms with Gasteiger partial charge in [-0.05, 0) is 71.7 Å². The smallest absolute Gasteiger partial charge is 0.00136 e. The molecule has 41 heavy (non-hydrogen) atoms.